The number of rotatable bonds is 6. The molecule has 0 aromatic heterocycles. The number of nitrogens with two attached hydrogens (primary N) is 1. The van der Waals surface area contributed by atoms with Crippen molar-refractivity contribution in [2.24, 2.45) is 29.4 Å². The molecule has 3 N–H and O–H groups in total. The second kappa shape index (κ2) is 4.74. The fourth-order valence-electron chi connectivity index (χ4n) is 2.41. The van der Waals surface area contributed by atoms with E-state index in [1.54, 1.807) is 0 Å². The lowest BCUT2D eigenvalue weighted by molar-refractivity contribution is -0.123. The highest BCUT2D eigenvalue weighted by molar-refractivity contribution is 5.81. The zero-order valence-corrected chi connectivity index (χ0v) is 10.4. The highest BCUT2D eigenvalue weighted by atomic mass is 16.2. The molecule has 16 heavy (non-hydrogen) atoms. The molecular formula is C13H24N2O. The Morgan fingerprint density at radius 3 is 2.12 bits per heavy atom. The highest BCUT2D eigenvalue weighted by Crippen LogP contribution is 2.48. The maximum atomic E-state index is 11.7. The summed E-state index contributed by atoms with van der Waals surface area (Å²) in [7, 11) is 0. The van der Waals surface area contributed by atoms with E-state index < -0.39 is 0 Å². The average Bonchev–Trinajstić information content (AvgIpc) is 3.09. The monoisotopic (exact) mass is 224 g/mol. The van der Waals surface area contributed by atoms with Gasteiger partial charge in [0.1, 0.15) is 0 Å². The summed E-state index contributed by atoms with van der Waals surface area (Å²) in [5.74, 6) is 2.77. The molecule has 0 aliphatic heterocycles. The van der Waals surface area contributed by atoms with E-state index in [2.05, 4.69) is 5.32 Å². The minimum atomic E-state index is -0.348. The molecule has 3 nitrogen and oxygen atoms in total. The standard InChI is InChI=1S/C13H24N2O/c1-8(2)12(14)13(16)15-7-11(9-3-4-9)10-5-6-10/h8-12H,3-7,14H2,1-2H3,(H,15,16)/t12-/m0/s1. The van der Waals surface area contributed by atoms with Gasteiger partial charge in [-0.05, 0) is 49.4 Å². The summed E-state index contributed by atoms with van der Waals surface area (Å²) in [5, 5.41) is 3.04. The van der Waals surface area contributed by atoms with Gasteiger partial charge < -0.3 is 11.1 Å². The number of amides is 1. The Balaban J connectivity index is 1.74. The van der Waals surface area contributed by atoms with Crippen molar-refractivity contribution >= 4 is 5.91 Å². The van der Waals surface area contributed by atoms with Crippen molar-refractivity contribution in [2.75, 3.05) is 6.54 Å². The van der Waals surface area contributed by atoms with E-state index in [0.717, 1.165) is 24.3 Å². The maximum absolute atomic E-state index is 11.7. The quantitative estimate of drug-likeness (QED) is 0.718. The normalized spacial score (nSPS) is 22.6. The third-order valence-electron chi connectivity index (χ3n) is 3.99. The molecule has 0 heterocycles. The number of hydrogen-bond acceptors (Lipinski definition) is 2. The molecule has 0 spiro atoms. The van der Waals surface area contributed by atoms with Gasteiger partial charge in [-0.2, -0.15) is 0 Å². The number of nitrogens with one attached hydrogen (secondary N) is 1. The first-order chi connectivity index (χ1) is 7.59. The molecule has 0 aromatic rings. The molecule has 1 amide bonds. The Morgan fingerprint density at radius 2 is 1.75 bits per heavy atom. The van der Waals surface area contributed by atoms with Crippen molar-refractivity contribution in [3.8, 4) is 0 Å². The van der Waals surface area contributed by atoms with Crippen LogP contribution >= 0.6 is 0 Å². The second-order valence-electron chi connectivity index (χ2n) is 5.85. The van der Waals surface area contributed by atoms with Crippen LogP contribution in [0.2, 0.25) is 0 Å². The van der Waals surface area contributed by atoms with Crippen molar-refractivity contribution in [3.63, 3.8) is 0 Å². The third kappa shape index (κ3) is 2.97. The predicted molar refractivity (Wildman–Crippen MR) is 64.8 cm³/mol. The van der Waals surface area contributed by atoms with Gasteiger partial charge in [-0.3, -0.25) is 4.79 Å². The van der Waals surface area contributed by atoms with Crippen LogP contribution in [0.5, 0.6) is 0 Å². The van der Waals surface area contributed by atoms with Gasteiger partial charge in [-0.1, -0.05) is 13.8 Å². The molecule has 2 saturated carbocycles. The van der Waals surface area contributed by atoms with Crippen LogP contribution in [0, 0.1) is 23.7 Å². The lowest BCUT2D eigenvalue weighted by atomic mass is 9.97. The zero-order chi connectivity index (χ0) is 11.7. The molecule has 2 aliphatic rings. The van der Waals surface area contributed by atoms with E-state index in [1.165, 1.54) is 25.7 Å². The summed E-state index contributed by atoms with van der Waals surface area (Å²) < 4.78 is 0. The van der Waals surface area contributed by atoms with Crippen molar-refractivity contribution in [3.05, 3.63) is 0 Å². The van der Waals surface area contributed by atoms with Gasteiger partial charge in [0.25, 0.3) is 0 Å². The Labute approximate surface area is 98.2 Å². The van der Waals surface area contributed by atoms with Gasteiger partial charge in [0.15, 0.2) is 0 Å². The van der Waals surface area contributed by atoms with Gasteiger partial charge >= 0.3 is 0 Å². The fraction of sp³-hybridized carbons (Fsp3) is 0.923. The molecule has 2 rings (SSSR count). The summed E-state index contributed by atoms with van der Waals surface area (Å²) >= 11 is 0. The highest BCUT2D eigenvalue weighted by Gasteiger charge is 2.41. The van der Waals surface area contributed by atoms with Gasteiger partial charge in [0.05, 0.1) is 6.04 Å². The molecule has 1 atom stereocenters. The van der Waals surface area contributed by atoms with Crippen molar-refractivity contribution in [1.82, 2.24) is 5.32 Å². The van der Waals surface area contributed by atoms with Gasteiger partial charge in [0.2, 0.25) is 5.91 Å². The second-order valence-corrected chi connectivity index (χ2v) is 5.85. The summed E-state index contributed by atoms with van der Waals surface area (Å²) in [5.41, 5.74) is 5.82. The van der Waals surface area contributed by atoms with E-state index in [0.29, 0.717) is 0 Å². The molecule has 2 aliphatic carbocycles. The number of carbonyl (C=O) groups is 1. The van der Waals surface area contributed by atoms with E-state index in [1.807, 2.05) is 13.8 Å². The summed E-state index contributed by atoms with van der Waals surface area (Å²) in [4.78, 5) is 11.7. The number of hydrogen-bond donors (Lipinski definition) is 2. The van der Waals surface area contributed by atoms with Crippen LogP contribution in [-0.2, 0) is 4.79 Å². The van der Waals surface area contributed by atoms with Crippen molar-refractivity contribution in [1.29, 1.82) is 0 Å². The van der Waals surface area contributed by atoms with Gasteiger partial charge in [-0.15, -0.1) is 0 Å². The predicted octanol–water partition coefficient (Wildman–Crippen LogP) is 1.52. The Bertz CT molecular complexity index is 245. The fourth-order valence-corrected chi connectivity index (χ4v) is 2.41. The first-order valence-electron chi connectivity index (χ1n) is 6.63. The molecule has 3 heteroatoms. The van der Waals surface area contributed by atoms with Crippen LogP contribution < -0.4 is 11.1 Å². The topological polar surface area (TPSA) is 55.1 Å². The van der Waals surface area contributed by atoms with Crippen LogP contribution in [-0.4, -0.2) is 18.5 Å². The van der Waals surface area contributed by atoms with E-state index in [9.17, 15) is 4.79 Å². The molecule has 0 aromatic carbocycles. The van der Waals surface area contributed by atoms with Gasteiger partial charge in [0, 0.05) is 6.54 Å². The molecule has 0 radical (unpaired) electrons. The molecule has 0 saturated heterocycles. The van der Waals surface area contributed by atoms with E-state index >= 15 is 0 Å². The lowest BCUT2D eigenvalue weighted by Gasteiger charge is -2.20. The summed E-state index contributed by atoms with van der Waals surface area (Å²) in [6.07, 6.45) is 5.47. The molecular weight excluding hydrogens is 200 g/mol. The van der Waals surface area contributed by atoms with Crippen LogP contribution in [0.15, 0.2) is 0 Å². The lowest BCUT2D eigenvalue weighted by Crippen LogP contribution is -2.45. The molecule has 92 valence electrons. The first-order valence-corrected chi connectivity index (χ1v) is 6.63. The Morgan fingerprint density at radius 1 is 1.25 bits per heavy atom. The Hall–Kier alpha value is -0.570. The van der Waals surface area contributed by atoms with Crippen LogP contribution in [0.25, 0.3) is 0 Å². The smallest absolute Gasteiger partial charge is 0.237 e. The van der Waals surface area contributed by atoms with Gasteiger partial charge in [-0.25, -0.2) is 0 Å². The van der Waals surface area contributed by atoms with Crippen LogP contribution in [0.1, 0.15) is 39.5 Å². The summed E-state index contributed by atoms with van der Waals surface area (Å²) in [6.45, 7) is 4.83. The van der Waals surface area contributed by atoms with E-state index in [-0.39, 0.29) is 17.9 Å². The third-order valence-corrected chi connectivity index (χ3v) is 3.99. The van der Waals surface area contributed by atoms with E-state index in [4.69, 9.17) is 5.73 Å². The van der Waals surface area contributed by atoms with Crippen molar-refractivity contribution in [2.45, 2.75) is 45.6 Å². The Kier molecular flexibility index (Phi) is 3.53. The molecule has 2 fully saturated rings. The average molecular weight is 224 g/mol. The molecule has 0 unspecified atom stereocenters. The summed E-state index contributed by atoms with van der Waals surface area (Å²) in [6, 6.07) is -0.348. The van der Waals surface area contributed by atoms with Crippen LogP contribution in [0.4, 0.5) is 0 Å². The first kappa shape index (κ1) is 11.9. The zero-order valence-electron chi connectivity index (χ0n) is 10.4. The number of carbonyl (C=O) groups excluding carboxylic acids is 1. The SMILES string of the molecule is CC(C)[C@H](N)C(=O)NCC(C1CC1)C1CC1. The largest absolute Gasteiger partial charge is 0.354 e. The minimum Gasteiger partial charge on any atom is -0.354 e. The van der Waals surface area contributed by atoms with Crippen LogP contribution in [0.3, 0.4) is 0 Å². The molecule has 0 bridgehead atoms. The van der Waals surface area contributed by atoms with Crippen molar-refractivity contribution < 1.29 is 4.79 Å². The maximum Gasteiger partial charge on any atom is 0.237 e. The minimum absolute atomic E-state index is 0.0290.